The van der Waals surface area contributed by atoms with Gasteiger partial charge in [0.05, 0.1) is 10.6 Å². The third kappa shape index (κ3) is 5.39. The Labute approximate surface area is 182 Å². The van der Waals surface area contributed by atoms with Crippen molar-refractivity contribution in [3.63, 3.8) is 0 Å². The van der Waals surface area contributed by atoms with E-state index in [1.165, 1.54) is 19.3 Å². The van der Waals surface area contributed by atoms with Crippen LogP contribution < -0.4 is 14.9 Å². The van der Waals surface area contributed by atoms with E-state index >= 15 is 0 Å². The zero-order valence-corrected chi connectivity index (χ0v) is 18.3. The van der Waals surface area contributed by atoms with E-state index in [0.29, 0.717) is 18.2 Å². The molecule has 0 saturated carbocycles. The third-order valence-corrected chi connectivity index (χ3v) is 6.62. The molecule has 3 heterocycles. The van der Waals surface area contributed by atoms with Gasteiger partial charge in [0.15, 0.2) is 0 Å². The number of nitrogens with one attached hydrogen (secondary N) is 2. The SMILES string of the molecule is Cc1nc(NCCNS(=O)(=O)c2ccc(-n3cccn3)cc2)cc(N2CCCCC2)n1. The molecule has 1 fully saturated rings. The summed E-state index contributed by atoms with van der Waals surface area (Å²) in [6.07, 6.45) is 7.09. The Morgan fingerprint density at radius 3 is 2.52 bits per heavy atom. The molecule has 0 radical (unpaired) electrons. The zero-order chi connectivity index (χ0) is 21.7. The number of sulfonamides is 1. The highest BCUT2D eigenvalue weighted by molar-refractivity contribution is 7.89. The number of rotatable bonds is 8. The molecule has 1 aromatic carbocycles. The minimum atomic E-state index is -3.59. The summed E-state index contributed by atoms with van der Waals surface area (Å²) in [5.41, 5.74) is 0.800. The van der Waals surface area contributed by atoms with Crippen LogP contribution in [0.5, 0.6) is 0 Å². The Morgan fingerprint density at radius 2 is 1.81 bits per heavy atom. The lowest BCUT2D eigenvalue weighted by Gasteiger charge is -2.28. The van der Waals surface area contributed by atoms with Gasteiger partial charge in [-0.3, -0.25) is 0 Å². The van der Waals surface area contributed by atoms with Crippen LogP contribution in [0.4, 0.5) is 11.6 Å². The van der Waals surface area contributed by atoms with Gasteiger partial charge in [-0.25, -0.2) is 27.8 Å². The summed E-state index contributed by atoms with van der Waals surface area (Å²) < 4.78 is 29.4. The third-order valence-electron chi connectivity index (χ3n) is 5.14. The molecule has 0 spiro atoms. The van der Waals surface area contributed by atoms with Gasteiger partial charge in [0, 0.05) is 44.6 Å². The highest BCUT2D eigenvalue weighted by atomic mass is 32.2. The van der Waals surface area contributed by atoms with Crippen LogP contribution in [0, 0.1) is 6.92 Å². The first-order valence-corrected chi connectivity index (χ1v) is 11.9. The van der Waals surface area contributed by atoms with Crippen LogP contribution >= 0.6 is 0 Å². The molecule has 0 atom stereocenters. The maximum absolute atomic E-state index is 12.6. The molecule has 164 valence electrons. The Bertz CT molecular complexity index is 1090. The summed E-state index contributed by atoms with van der Waals surface area (Å²) in [5.74, 6) is 2.33. The lowest BCUT2D eigenvalue weighted by molar-refractivity contribution is 0.572. The van der Waals surface area contributed by atoms with Crippen LogP contribution in [0.2, 0.25) is 0 Å². The Balaban J connectivity index is 1.32. The zero-order valence-electron chi connectivity index (χ0n) is 17.5. The molecule has 1 saturated heterocycles. The Morgan fingerprint density at radius 1 is 1.03 bits per heavy atom. The highest BCUT2D eigenvalue weighted by Gasteiger charge is 2.15. The molecule has 9 nitrogen and oxygen atoms in total. The standard InChI is InChI=1S/C21H27N7O2S/c1-17-25-20(16-21(26-17)27-13-3-2-4-14-27)22-11-12-24-31(29,30)19-8-6-18(7-9-19)28-15-5-10-23-28/h5-10,15-16,24H,2-4,11-14H2,1H3,(H,22,25,26). The smallest absolute Gasteiger partial charge is 0.240 e. The molecular formula is C21H27N7O2S. The van der Waals surface area contributed by atoms with E-state index in [0.717, 1.165) is 24.6 Å². The van der Waals surface area contributed by atoms with E-state index in [1.807, 2.05) is 19.1 Å². The van der Waals surface area contributed by atoms with E-state index in [1.54, 1.807) is 41.3 Å². The molecule has 10 heteroatoms. The monoisotopic (exact) mass is 441 g/mol. The lowest BCUT2D eigenvalue weighted by atomic mass is 10.1. The number of aryl methyl sites for hydroxylation is 1. The number of aromatic nitrogens is 4. The largest absolute Gasteiger partial charge is 0.369 e. The summed E-state index contributed by atoms with van der Waals surface area (Å²) in [7, 11) is -3.59. The van der Waals surface area contributed by atoms with E-state index in [-0.39, 0.29) is 11.4 Å². The topological polar surface area (TPSA) is 105 Å². The number of piperidine rings is 1. The van der Waals surface area contributed by atoms with Crippen molar-refractivity contribution in [3.05, 3.63) is 54.6 Å². The maximum atomic E-state index is 12.6. The fourth-order valence-corrected chi connectivity index (χ4v) is 4.62. The van der Waals surface area contributed by atoms with Gasteiger partial charge >= 0.3 is 0 Å². The van der Waals surface area contributed by atoms with Crippen molar-refractivity contribution in [2.75, 3.05) is 36.4 Å². The van der Waals surface area contributed by atoms with Crippen molar-refractivity contribution >= 4 is 21.7 Å². The van der Waals surface area contributed by atoms with Crippen molar-refractivity contribution < 1.29 is 8.42 Å². The van der Waals surface area contributed by atoms with Gasteiger partial charge in [-0.05, 0) is 56.5 Å². The minimum absolute atomic E-state index is 0.216. The summed E-state index contributed by atoms with van der Waals surface area (Å²) in [6, 6.07) is 10.3. The molecule has 3 aromatic rings. The van der Waals surface area contributed by atoms with Crippen LogP contribution in [0.15, 0.2) is 53.7 Å². The average molecular weight is 442 g/mol. The number of hydrogen-bond donors (Lipinski definition) is 2. The molecule has 31 heavy (non-hydrogen) atoms. The molecule has 0 bridgehead atoms. The normalized spacial score (nSPS) is 14.5. The van der Waals surface area contributed by atoms with Gasteiger partial charge in [-0.1, -0.05) is 0 Å². The summed E-state index contributed by atoms with van der Waals surface area (Å²) in [6.45, 7) is 4.55. The molecule has 2 aromatic heterocycles. The number of anilines is 2. The Hall–Kier alpha value is -2.98. The van der Waals surface area contributed by atoms with Gasteiger partial charge in [0.25, 0.3) is 0 Å². The van der Waals surface area contributed by atoms with Crippen molar-refractivity contribution in [2.24, 2.45) is 0 Å². The molecule has 1 aliphatic rings. The highest BCUT2D eigenvalue weighted by Crippen LogP contribution is 2.20. The van der Waals surface area contributed by atoms with Crippen molar-refractivity contribution in [1.29, 1.82) is 0 Å². The summed E-state index contributed by atoms with van der Waals surface area (Å²) in [5, 5.41) is 7.34. The molecule has 0 unspecified atom stereocenters. The molecule has 4 rings (SSSR count). The predicted molar refractivity (Wildman–Crippen MR) is 120 cm³/mol. The van der Waals surface area contributed by atoms with Gasteiger partial charge in [0.2, 0.25) is 10.0 Å². The number of benzene rings is 1. The molecule has 0 amide bonds. The van der Waals surface area contributed by atoms with Crippen LogP contribution in [0.3, 0.4) is 0 Å². The second kappa shape index (κ2) is 9.44. The summed E-state index contributed by atoms with van der Waals surface area (Å²) >= 11 is 0. The first-order chi connectivity index (χ1) is 15.0. The molecular weight excluding hydrogens is 414 g/mol. The van der Waals surface area contributed by atoms with Crippen molar-refractivity contribution in [1.82, 2.24) is 24.5 Å². The Kier molecular flexibility index (Phi) is 6.47. The van der Waals surface area contributed by atoms with Crippen LogP contribution in [-0.4, -0.2) is 54.3 Å². The molecule has 2 N–H and O–H groups in total. The predicted octanol–water partition coefficient (Wildman–Crippen LogP) is 2.35. The lowest BCUT2D eigenvalue weighted by Crippen LogP contribution is -2.31. The van der Waals surface area contributed by atoms with Gasteiger partial charge in [0.1, 0.15) is 17.5 Å². The van der Waals surface area contributed by atoms with Gasteiger partial charge in [-0.2, -0.15) is 5.10 Å². The van der Waals surface area contributed by atoms with Gasteiger partial charge in [-0.15, -0.1) is 0 Å². The average Bonchev–Trinajstić information content (AvgIpc) is 3.32. The first-order valence-electron chi connectivity index (χ1n) is 10.5. The fraction of sp³-hybridized carbons (Fsp3) is 0.381. The second-order valence-electron chi connectivity index (χ2n) is 7.48. The fourth-order valence-electron chi connectivity index (χ4n) is 3.59. The van der Waals surface area contributed by atoms with Crippen LogP contribution in [0.1, 0.15) is 25.1 Å². The van der Waals surface area contributed by atoms with Crippen LogP contribution in [0.25, 0.3) is 5.69 Å². The first kappa shape index (κ1) is 21.3. The summed E-state index contributed by atoms with van der Waals surface area (Å²) in [4.78, 5) is 11.5. The van der Waals surface area contributed by atoms with Crippen molar-refractivity contribution in [3.8, 4) is 5.69 Å². The van der Waals surface area contributed by atoms with E-state index < -0.39 is 10.0 Å². The minimum Gasteiger partial charge on any atom is -0.369 e. The number of hydrogen-bond acceptors (Lipinski definition) is 7. The molecule has 1 aliphatic heterocycles. The van der Waals surface area contributed by atoms with Crippen LogP contribution in [-0.2, 0) is 10.0 Å². The van der Waals surface area contributed by atoms with Gasteiger partial charge < -0.3 is 10.2 Å². The second-order valence-corrected chi connectivity index (χ2v) is 9.24. The quantitative estimate of drug-likeness (QED) is 0.517. The molecule has 0 aliphatic carbocycles. The van der Waals surface area contributed by atoms with E-state index in [9.17, 15) is 8.42 Å². The number of nitrogens with zero attached hydrogens (tertiary/aromatic N) is 5. The van der Waals surface area contributed by atoms with E-state index in [2.05, 4.69) is 30.0 Å². The van der Waals surface area contributed by atoms with E-state index in [4.69, 9.17) is 0 Å². The maximum Gasteiger partial charge on any atom is 0.240 e. The van der Waals surface area contributed by atoms with Crippen molar-refractivity contribution in [2.45, 2.75) is 31.1 Å².